The standard InChI is InChI=1S/C20H33N5O3S/c1-3-28-20(26)25-8-6-16(7-9-25)23-19(21-2)22-15-17(18-5-4-14-29-18)24-10-12-27-13-11-24/h4-5,14,16-17H,3,6-13,15H2,1-2H3,(H2,21,22,23). The van der Waals surface area contributed by atoms with Crippen molar-refractivity contribution in [2.75, 3.05) is 59.6 Å². The van der Waals surface area contributed by atoms with Crippen molar-refractivity contribution in [2.24, 2.45) is 4.99 Å². The normalized spacial score (nSPS) is 20.3. The molecule has 9 heteroatoms. The highest BCUT2D eigenvalue weighted by atomic mass is 32.1. The Kier molecular flexibility index (Phi) is 8.57. The van der Waals surface area contributed by atoms with Gasteiger partial charge in [0.25, 0.3) is 0 Å². The molecule has 29 heavy (non-hydrogen) atoms. The second-order valence-electron chi connectivity index (χ2n) is 7.24. The van der Waals surface area contributed by atoms with E-state index in [9.17, 15) is 4.79 Å². The van der Waals surface area contributed by atoms with Crippen molar-refractivity contribution in [2.45, 2.75) is 31.8 Å². The molecule has 8 nitrogen and oxygen atoms in total. The molecule has 1 aromatic heterocycles. The first kappa shape index (κ1) is 21.9. The monoisotopic (exact) mass is 423 g/mol. The van der Waals surface area contributed by atoms with Crippen LogP contribution in [0, 0.1) is 0 Å². The third kappa shape index (κ3) is 6.32. The predicted octanol–water partition coefficient (Wildman–Crippen LogP) is 1.91. The SMILES string of the molecule is CCOC(=O)N1CCC(NC(=NC)NCC(c2cccs2)N2CCOCC2)CC1. The lowest BCUT2D eigenvalue weighted by Gasteiger charge is -2.35. The number of carbonyl (C=O) groups excluding carboxylic acids is 1. The summed E-state index contributed by atoms with van der Waals surface area (Å²) in [5.74, 6) is 0.814. The van der Waals surface area contributed by atoms with E-state index in [2.05, 4.69) is 38.0 Å². The smallest absolute Gasteiger partial charge is 0.409 e. The van der Waals surface area contributed by atoms with Gasteiger partial charge in [-0.1, -0.05) is 6.07 Å². The van der Waals surface area contributed by atoms with E-state index >= 15 is 0 Å². The highest BCUT2D eigenvalue weighted by Gasteiger charge is 2.26. The zero-order chi connectivity index (χ0) is 20.5. The number of piperidine rings is 1. The molecule has 1 aromatic rings. The molecule has 0 aromatic carbocycles. The molecular weight excluding hydrogens is 390 g/mol. The summed E-state index contributed by atoms with van der Waals surface area (Å²) < 4.78 is 10.6. The Balaban J connectivity index is 1.49. The second-order valence-corrected chi connectivity index (χ2v) is 8.22. The van der Waals surface area contributed by atoms with E-state index in [4.69, 9.17) is 9.47 Å². The molecule has 162 valence electrons. The zero-order valence-corrected chi connectivity index (χ0v) is 18.2. The molecule has 0 aliphatic carbocycles. The van der Waals surface area contributed by atoms with Gasteiger partial charge in [-0.2, -0.15) is 0 Å². The fraction of sp³-hybridized carbons (Fsp3) is 0.700. The summed E-state index contributed by atoms with van der Waals surface area (Å²) in [6.07, 6.45) is 1.56. The van der Waals surface area contributed by atoms with Crippen LogP contribution in [0.1, 0.15) is 30.7 Å². The molecule has 2 aliphatic heterocycles. The molecule has 3 rings (SSSR count). The van der Waals surface area contributed by atoms with Crippen molar-refractivity contribution in [1.82, 2.24) is 20.4 Å². The molecule has 0 radical (unpaired) electrons. The van der Waals surface area contributed by atoms with Crippen LogP contribution >= 0.6 is 11.3 Å². The van der Waals surface area contributed by atoms with E-state index in [1.54, 1.807) is 23.3 Å². The minimum absolute atomic E-state index is 0.210. The number of rotatable bonds is 6. The molecule has 1 unspecified atom stereocenters. The lowest BCUT2D eigenvalue weighted by Crippen LogP contribution is -2.51. The molecule has 2 N–H and O–H groups in total. The maximum atomic E-state index is 11.9. The van der Waals surface area contributed by atoms with Crippen LogP contribution in [-0.2, 0) is 9.47 Å². The Hall–Kier alpha value is -1.84. The van der Waals surface area contributed by atoms with E-state index in [1.165, 1.54) is 4.88 Å². The number of nitrogens with zero attached hydrogens (tertiary/aromatic N) is 3. The summed E-state index contributed by atoms with van der Waals surface area (Å²) in [6.45, 7) is 7.93. The van der Waals surface area contributed by atoms with Crippen molar-refractivity contribution in [3.8, 4) is 0 Å². The number of ether oxygens (including phenoxy) is 2. The summed E-state index contributed by atoms with van der Waals surface area (Å²) in [4.78, 5) is 21.9. The number of guanidine groups is 1. The number of thiophene rings is 1. The van der Waals surface area contributed by atoms with E-state index in [-0.39, 0.29) is 6.09 Å². The van der Waals surface area contributed by atoms with Gasteiger partial charge in [0.2, 0.25) is 0 Å². The van der Waals surface area contributed by atoms with Crippen molar-refractivity contribution in [3.63, 3.8) is 0 Å². The Bertz CT molecular complexity index is 641. The number of hydrogen-bond donors (Lipinski definition) is 2. The van der Waals surface area contributed by atoms with Crippen LogP contribution in [0.4, 0.5) is 4.79 Å². The first-order chi connectivity index (χ1) is 14.2. The summed E-state index contributed by atoms with van der Waals surface area (Å²) >= 11 is 1.79. The van der Waals surface area contributed by atoms with Crippen molar-refractivity contribution in [1.29, 1.82) is 0 Å². The Morgan fingerprint density at radius 1 is 1.34 bits per heavy atom. The molecule has 2 saturated heterocycles. The van der Waals surface area contributed by atoms with Crippen LogP contribution in [0.3, 0.4) is 0 Å². The quantitative estimate of drug-likeness (QED) is 0.538. The maximum absolute atomic E-state index is 11.9. The highest BCUT2D eigenvalue weighted by molar-refractivity contribution is 7.10. The van der Waals surface area contributed by atoms with Gasteiger partial charge in [-0.3, -0.25) is 9.89 Å². The van der Waals surface area contributed by atoms with E-state index in [0.29, 0.717) is 31.8 Å². The van der Waals surface area contributed by atoms with E-state index < -0.39 is 0 Å². The first-order valence-electron chi connectivity index (χ1n) is 10.4. The van der Waals surface area contributed by atoms with Gasteiger partial charge in [0.05, 0.1) is 25.9 Å². The largest absolute Gasteiger partial charge is 0.450 e. The lowest BCUT2D eigenvalue weighted by atomic mass is 10.1. The van der Waals surface area contributed by atoms with Gasteiger partial charge >= 0.3 is 6.09 Å². The van der Waals surface area contributed by atoms with Crippen LogP contribution in [0.5, 0.6) is 0 Å². The fourth-order valence-corrected chi connectivity index (χ4v) is 4.64. The van der Waals surface area contributed by atoms with Crippen molar-refractivity contribution in [3.05, 3.63) is 22.4 Å². The summed E-state index contributed by atoms with van der Waals surface area (Å²) in [7, 11) is 1.80. The lowest BCUT2D eigenvalue weighted by molar-refractivity contribution is 0.0177. The molecular formula is C20H33N5O3S. The summed E-state index contributed by atoms with van der Waals surface area (Å²) in [5.41, 5.74) is 0. The number of morpholine rings is 1. The molecule has 0 bridgehead atoms. The molecule has 0 saturated carbocycles. The van der Waals surface area contributed by atoms with Crippen LogP contribution in [-0.4, -0.2) is 87.5 Å². The van der Waals surface area contributed by atoms with Gasteiger partial charge in [-0.05, 0) is 31.2 Å². The number of aliphatic imine (C=N–C) groups is 1. The first-order valence-corrected chi connectivity index (χ1v) is 11.3. The van der Waals surface area contributed by atoms with Gasteiger partial charge in [0, 0.05) is 50.7 Å². The van der Waals surface area contributed by atoms with E-state index in [1.807, 2.05) is 6.92 Å². The number of hydrogen-bond acceptors (Lipinski definition) is 6. The fourth-order valence-electron chi connectivity index (χ4n) is 3.78. The van der Waals surface area contributed by atoms with Gasteiger partial charge in [0.1, 0.15) is 0 Å². The molecule has 2 fully saturated rings. The average molecular weight is 424 g/mol. The molecule has 3 heterocycles. The third-order valence-corrected chi connectivity index (χ3v) is 6.38. The van der Waals surface area contributed by atoms with Crippen LogP contribution in [0.25, 0.3) is 0 Å². The Labute approximate surface area is 177 Å². The molecule has 2 aliphatic rings. The number of carbonyl (C=O) groups is 1. The van der Waals surface area contributed by atoms with Crippen molar-refractivity contribution >= 4 is 23.4 Å². The molecule has 1 atom stereocenters. The van der Waals surface area contributed by atoms with E-state index in [0.717, 1.165) is 51.6 Å². The van der Waals surface area contributed by atoms with Gasteiger partial charge < -0.3 is 25.0 Å². The Morgan fingerprint density at radius 3 is 2.72 bits per heavy atom. The second kappa shape index (κ2) is 11.4. The topological polar surface area (TPSA) is 78.4 Å². The molecule has 0 spiro atoms. The Morgan fingerprint density at radius 2 is 2.10 bits per heavy atom. The molecule has 1 amide bonds. The summed E-state index contributed by atoms with van der Waals surface area (Å²) in [5, 5.41) is 9.17. The number of amides is 1. The van der Waals surface area contributed by atoms with Crippen molar-refractivity contribution < 1.29 is 14.3 Å². The van der Waals surface area contributed by atoms with Crippen LogP contribution in [0.15, 0.2) is 22.5 Å². The zero-order valence-electron chi connectivity index (χ0n) is 17.4. The van der Waals surface area contributed by atoms with Gasteiger partial charge in [0.15, 0.2) is 5.96 Å². The minimum Gasteiger partial charge on any atom is -0.450 e. The predicted molar refractivity (Wildman–Crippen MR) is 116 cm³/mol. The minimum atomic E-state index is -0.210. The maximum Gasteiger partial charge on any atom is 0.409 e. The van der Waals surface area contributed by atoms with Crippen LogP contribution < -0.4 is 10.6 Å². The van der Waals surface area contributed by atoms with Crippen LogP contribution in [0.2, 0.25) is 0 Å². The summed E-state index contributed by atoms with van der Waals surface area (Å²) in [6, 6.07) is 4.92. The average Bonchev–Trinajstić information content (AvgIpc) is 3.29. The number of likely N-dealkylation sites (tertiary alicyclic amines) is 1. The third-order valence-electron chi connectivity index (χ3n) is 5.41. The van der Waals surface area contributed by atoms with Gasteiger partial charge in [-0.25, -0.2) is 4.79 Å². The highest BCUT2D eigenvalue weighted by Crippen LogP contribution is 2.25. The van der Waals surface area contributed by atoms with Gasteiger partial charge in [-0.15, -0.1) is 11.3 Å². The number of nitrogens with one attached hydrogen (secondary N) is 2.